The summed E-state index contributed by atoms with van der Waals surface area (Å²) in [4.78, 5) is 8.36. The van der Waals surface area contributed by atoms with Gasteiger partial charge < -0.3 is 10.1 Å². The topological polar surface area (TPSA) is 47.0 Å². The van der Waals surface area contributed by atoms with Crippen molar-refractivity contribution in [2.75, 3.05) is 11.9 Å². The molecule has 0 amide bonds. The van der Waals surface area contributed by atoms with Crippen LogP contribution in [0.2, 0.25) is 5.15 Å². The number of aromatic nitrogens is 2. The van der Waals surface area contributed by atoms with E-state index in [-0.39, 0.29) is 18.1 Å². The van der Waals surface area contributed by atoms with Crippen molar-refractivity contribution < 1.29 is 4.74 Å². The Labute approximate surface area is 113 Å². The van der Waals surface area contributed by atoms with Crippen LogP contribution in [0.15, 0.2) is 6.33 Å². The lowest BCUT2D eigenvalue weighted by atomic mass is 10.0. The maximum atomic E-state index is 6.15. The summed E-state index contributed by atoms with van der Waals surface area (Å²) >= 11 is 6.15. The maximum Gasteiger partial charge on any atom is 0.138 e. The number of nitrogens with one attached hydrogen (secondary N) is 1. The third kappa shape index (κ3) is 2.93. The van der Waals surface area contributed by atoms with Crippen molar-refractivity contribution in [2.45, 2.75) is 51.7 Å². The summed E-state index contributed by atoms with van der Waals surface area (Å²) < 4.78 is 5.68. The number of anilines is 1. The molecule has 18 heavy (non-hydrogen) atoms. The van der Waals surface area contributed by atoms with Crippen molar-refractivity contribution in [1.82, 2.24) is 9.97 Å². The first-order valence-corrected chi connectivity index (χ1v) is 6.86. The maximum absolute atomic E-state index is 6.15. The number of nitrogens with zero attached hydrogens (tertiary/aromatic N) is 2. The first-order chi connectivity index (χ1) is 8.59. The SMILES string of the molecule is CC(C)c1c(Cl)ncnc1NC(C)C1CCCO1. The van der Waals surface area contributed by atoms with E-state index in [9.17, 15) is 0 Å². The minimum Gasteiger partial charge on any atom is -0.376 e. The lowest BCUT2D eigenvalue weighted by Gasteiger charge is -2.23. The molecule has 1 fully saturated rings. The molecule has 2 rings (SSSR count). The lowest BCUT2D eigenvalue weighted by Crippen LogP contribution is -2.31. The van der Waals surface area contributed by atoms with Crippen molar-refractivity contribution >= 4 is 17.4 Å². The fourth-order valence-electron chi connectivity index (χ4n) is 2.31. The Kier molecular flexibility index (Phi) is 4.40. The molecule has 1 aliphatic heterocycles. The number of hydrogen-bond donors (Lipinski definition) is 1. The van der Waals surface area contributed by atoms with Crippen LogP contribution in [0.25, 0.3) is 0 Å². The van der Waals surface area contributed by atoms with E-state index >= 15 is 0 Å². The first kappa shape index (κ1) is 13.6. The Morgan fingerprint density at radius 1 is 1.39 bits per heavy atom. The van der Waals surface area contributed by atoms with Gasteiger partial charge in [0.2, 0.25) is 0 Å². The smallest absolute Gasteiger partial charge is 0.138 e. The predicted molar refractivity (Wildman–Crippen MR) is 73.2 cm³/mol. The zero-order valence-electron chi connectivity index (χ0n) is 11.1. The van der Waals surface area contributed by atoms with E-state index in [0.717, 1.165) is 30.8 Å². The number of rotatable bonds is 4. The van der Waals surface area contributed by atoms with E-state index in [0.29, 0.717) is 5.15 Å². The Hall–Kier alpha value is -0.870. The van der Waals surface area contributed by atoms with Crippen LogP contribution in [-0.4, -0.2) is 28.7 Å². The summed E-state index contributed by atoms with van der Waals surface area (Å²) in [5, 5.41) is 3.94. The van der Waals surface area contributed by atoms with Crippen LogP contribution < -0.4 is 5.32 Å². The van der Waals surface area contributed by atoms with Crippen LogP contribution >= 0.6 is 11.6 Å². The molecule has 100 valence electrons. The van der Waals surface area contributed by atoms with Crippen molar-refractivity contribution in [1.29, 1.82) is 0 Å². The minimum atomic E-state index is 0.232. The van der Waals surface area contributed by atoms with E-state index in [4.69, 9.17) is 16.3 Å². The van der Waals surface area contributed by atoms with E-state index in [2.05, 4.69) is 36.1 Å². The van der Waals surface area contributed by atoms with Crippen LogP contribution in [0.4, 0.5) is 5.82 Å². The van der Waals surface area contributed by atoms with Gasteiger partial charge in [-0.05, 0) is 25.7 Å². The molecule has 1 aromatic rings. The van der Waals surface area contributed by atoms with Crippen LogP contribution in [0.1, 0.15) is 45.1 Å². The Morgan fingerprint density at radius 2 is 2.17 bits per heavy atom. The highest BCUT2D eigenvalue weighted by molar-refractivity contribution is 6.30. The highest BCUT2D eigenvalue weighted by Gasteiger charge is 2.24. The van der Waals surface area contributed by atoms with Gasteiger partial charge in [-0.1, -0.05) is 25.4 Å². The van der Waals surface area contributed by atoms with E-state index in [1.807, 2.05) is 0 Å². The second kappa shape index (κ2) is 5.85. The molecule has 2 atom stereocenters. The van der Waals surface area contributed by atoms with Gasteiger partial charge in [0.15, 0.2) is 0 Å². The molecule has 1 aromatic heterocycles. The standard InChI is InChI=1S/C13H20ClN3O/c1-8(2)11-12(14)15-7-16-13(11)17-9(3)10-5-4-6-18-10/h7-10H,4-6H2,1-3H3,(H,15,16,17). The summed E-state index contributed by atoms with van der Waals surface area (Å²) in [5.74, 6) is 1.12. The molecule has 1 N–H and O–H groups in total. The van der Waals surface area contributed by atoms with Gasteiger partial charge in [0, 0.05) is 12.2 Å². The van der Waals surface area contributed by atoms with Crippen LogP contribution in [0.5, 0.6) is 0 Å². The molecule has 1 aliphatic rings. The van der Waals surface area contributed by atoms with Crippen LogP contribution in [0, 0.1) is 0 Å². The monoisotopic (exact) mass is 269 g/mol. The molecule has 0 bridgehead atoms. The zero-order chi connectivity index (χ0) is 13.1. The third-order valence-electron chi connectivity index (χ3n) is 3.30. The molecule has 0 radical (unpaired) electrons. The van der Waals surface area contributed by atoms with Gasteiger partial charge in [-0.25, -0.2) is 9.97 Å². The van der Waals surface area contributed by atoms with Crippen LogP contribution in [-0.2, 0) is 4.74 Å². The van der Waals surface area contributed by atoms with Crippen molar-refractivity contribution in [3.8, 4) is 0 Å². The van der Waals surface area contributed by atoms with Crippen LogP contribution in [0.3, 0.4) is 0 Å². The van der Waals surface area contributed by atoms with E-state index in [1.165, 1.54) is 6.33 Å². The highest BCUT2D eigenvalue weighted by atomic mass is 35.5. The van der Waals surface area contributed by atoms with Gasteiger partial charge in [0.25, 0.3) is 0 Å². The molecule has 0 aromatic carbocycles. The van der Waals surface area contributed by atoms with E-state index < -0.39 is 0 Å². The Bertz CT molecular complexity index is 405. The summed E-state index contributed by atoms with van der Waals surface area (Å²) in [5.41, 5.74) is 0.976. The average Bonchev–Trinajstić information content (AvgIpc) is 2.81. The molecule has 2 heterocycles. The molecule has 4 nitrogen and oxygen atoms in total. The number of halogens is 1. The summed E-state index contributed by atoms with van der Waals surface area (Å²) in [6.07, 6.45) is 4.00. The Morgan fingerprint density at radius 3 is 2.78 bits per heavy atom. The van der Waals surface area contributed by atoms with Gasteiger partial charge >= 0.3 is 0 Å². The number of ether oxygens (including phenoxy) is 1. The quantitative estimate of drug-likeness (QED) is 0.853. The molecule has 2 unspecified atom stereocenters. The van der Waals surface area contributed by atoms with Crippen molar-refractivity contribution in [2.24, 2.45) is 0 Å². The molecule has 0 aliphatic carbocycles. The minimum absolute atomic E-state index is 0.232. The fourth-order valence-corrected chi connectivity index (χ4v) is 2.66. The molecule has 1 saturated heterocycles. The van der Waals surface area contributed by atoms with Gasteiger partial charge in [-0.2, -0.15) is 0 Å². The van der Waals surface area contributed by atoms with Gasteiger partial charge in [-0.3, -0.25) is 0 Å². The molecule has 0 spiro atoms. The van der Waals surface area contributed by atoms with E-state index in [1.54, 1.807) is 0 Å². The molecular formula is C13H20ClN3O. The fraction of sp³-hybridized carbons (Fsp3) is 0.692. The average molecular weight is 270 g/mol. The predicted octanol–water partition coefficient (Wildman–Crippen LogP) is 3.23. The largest absolute Gasteiger partial charge is 0.376 e. The second-order valence-electron chi connectivity index (χ2n) is 5.07. The van der Waals surface area contributed by atoms with Crippen molar-refractivity contribution in [3.63, 3.8) is 0 Å². The molecule has 0 saturated carbocycles. The van der Waals surface area contributed by atoms with Gasteiger partial charge in [0.05, 0.1) is 12.1 Å². The summed E-state index contributed by atoms with van der Waals surface area (Å²) in [6, 6.07) is 0.232. The normalized spacial score (nSPS) is 21.3. The van der Waals surface area contributed by atoms with Gasteiger partial charge in [-0.15, -0.1) is 0 Å². The third-order valence-corrected chi connectivity index (χ3v) is 3.60. The number of hydrogen-bond acceptors (Lipinski definition) is 4. The summed E-state index contributed by atoms with van der Waals surface area (Å²) in [7, 11) is 0. The van der Waals surface area contributed by atoms with Crippen molar-refractivity contribution in [3.05, 3.63) is 17.0 Å². The Balaban J connectivity index is 2.15. The van der Waals surface area contributed by atoms with Gasteiger partial charge in [0.1, 0.15) is 17.3 Å². The lowest BCUT2D eigenvalue weighted by molar-refractivity contribution is 0.0995. The highest BCUT2D eigenvalue weighted by Crippen LogP contribution is 2.29. The molecular weight excluding hydrogens is 250 g/mol. The second-order valence-corrected chi connectivity index (χ2v) is 5.42. The first-order valence-electron chi connectivity index (χ1n) is 6.48. The zero-order valence-corrected chi connectivity index (χ0v) is 11.9. The summed E-state index contributed by atoms with van der Waals surface area (Å²) in [6.45, 7) is 7.16. The molecule has 5 heteroatoms.